The number of benzene rings is 1. The molecule has 6 N–H and O–H groups in total. The molecule has 0 aromatic heterocycles. The predicted molar refractivity (Wildman–Crippen MR) is 125 cm³/mol. The maximum absolute atomic E-state index is 13.5. The zero-order valence-electron chi connectivity index (χ0n) is 19.1. The second-order valence-corrected chi connectivity index (χ2v) is 10.00. The highest BCUT2D eigenvalue weighted by molar-refractivity contribution is 6.22. The van der Waals surface area contributed by atoms with Crippen LogP contribution in [0.5, 0.6) is 5.75 Å². The van der Waals surface area contributed by atoms with E-state index in [1.165, 1.54) is 12.5 Å². The molecule has 1 amide bonds. The molecule has 0 bridgehead atoms. The topological polar surface area (TPSA) is 158 Å². The number of Topliss-reactive ketones (excluding diaryl/α,β-unsaturated/α-hetero) is 2. The third kappa shape index (κ3) is 3.45. The Morgan fingerprint density at radius 1 is 1.06 bits per heavy atom. The largest absolute Gasteiger partial charge is 0.508 e. The van der Waals surface area contributed by atoms with Crippen LogP contribution >= 0.6 is 0 Å². The molecule has 8 nitrogen and oxygen atoms in total. The summed E-state index contributed by atoms with van der Waals surface area (Å²) in [6, 6.07) is 3.11. The zero-order valence-corrected chi connectivity index (χ0v) is 19.1. The summed E-state index contributed by atoms with van der Waals surface area (Å²) in [5.41, 5.74) is 3.05. The second-order valence-electron chi connectivity index (χ2n) is 10.00. The van der Waals surface area contributed by atoms with Crippen molar-refractivity contribution in [2.75, 3.05) is 0 Å². The summed E-state index contributed by atoms with van der Waals surface area (Å²) < 4.78 is 0. The molecule has 182 valence electrons. The molecule has 0 aliphatic heterocycles. The molecule has 5 rings (SSSR count). The highest BCUT2D eigenvalue weighted by atomic mass is 16.3. The number of carbonyl (C=O) groups is 3. The van der Waals surface area contributed by atoms with Crippen molar-refractivity contribution in [1.29, 1.82) is 0 Å². The molecule has 35 heavy (non-hydrogen) atoms. The van der Waals surface area contributed by atoms with Crippen LogP contribution in [-0.4, -0.2) is 43.5 Å². The van der Waals surface area contributed by atoms with Crippen LogP contribution in [0.1, 0.15) is 61.6 Å². The van der Waals surface area contributed by atoms with Crippen LogP contribution in [0.25, 0.3) is 5.76 Å². The van der Waals surface area contributed by atoms with Crippen LogP contribution in [0.4, 0.5) is 0 Å². The number of fused-ring (bicyclic) bond motifs is 3. The van der Waals surface area contributed by atoms with Crippen LogP contribution in [-0.2, 0) is 20.8 Å². The number of amides is 1. The number of nitrogens with two attached hydrogens (primary N) is 1. The number of ketones is 2. The molecule has 2 fully saturated rings. The quantitative estimate of drug-likeness (QED) is 0.307. The van der Waals surface area contributed by atoms with E-state index in [9.17, 15) is 34.8 Å². The summed E-state index contributed by atoms with van der Waals surface area (Å²) in [6.45, 7) is 0. The van der Waals surface area contributed by atoms with Gasteiger partial charge in [0.15, 0.2) is 11.4 Å². The van der Waals surface area contributed by atoms with Crippen LogP contribution in [0, 0.1) is 29.6 Å². The number of aliphatic hydroxyl groups excluding tert-OH is 2. The van der Waals surface area contributed by atoms with Gasteiger partial charge in [0.1, 0.15) is 22.8 Å². The summed E-state index contributed by atoms with van der Waals surface area (Å²) in [5, 5.41) is 43.6. The fourth-order valence-electron chi connectivity index (χ4n) is 6.17. The van der Waals surface area contributed by atoms with Crippen molar-refractivity contribution in [3.05, 3.63) is 45.7 Å². The first kappa shape index (κ1) is 23.2. The fraction of sp³-hybridized carbons (Fsp3) is 0.444. The molecule has 0 unspecified atom stereocenters. The van der Waals surface area contributed by atoms with Gasteiger partial charge in [0, 0.05) is 29.4 Å². The van der Waals surface area contributed by atoms with Gasteiger partial charge in [-0.3, -0.25) is 14.4 Å². The molecule has 0 saturated heterocycles. The number of hydrogen-bond donors (Lipinski definition) is 5. The van der Waals surface area contributed by atoms with E-state index in [1.807, 2.05) is 0 Å². The lowest BCUT2D eigenvalue weighted by atomic mass is 9.59. The Balaban J connectivity index is 1.61. The standard InChI is InChI=1S/C27H27NO7/c28-26(34)22-19(30)12-16-10-15-11-17-14(7-6-13-4-2-1-3-5-13)8-9-18(29)21(17)23(31)20(15)24(32)27(16,35)25(22)33/h8-9,13,15-16,29,31,33,35H,1-5,10-12H2,(H2,28,34)/t15-,16+,27+/m1/s1. The van der Waals surface area contributed by atoms with Gasteiger partial charge in [-0.2, -0.15) is 0 Å². The Labute approximate surface area is 202 Å². The molecule has 8 heteroatoms. The number of aliphatic hydroxyl groups is 3. The molecule has 0 spiro atoms. The molecule has 2 saturated carbocycles. The van der Waals surface area contributed by atoms with Crippen LogP contribution in [0.3, 0.4) is 0 Å². The Morgan fingerprint density at radius 3 is 2.46 bits per heavy atom. The lowest BCUT2D eigenvalue weighted by Crippen LogP contribution is -2.58. The van der Waals surface area contributed by atoms with E-state index in [4.69, 9.17) is 5.73 Å². The molecule has 3 atom stereocenters. The Hall–Kier alpha value is -3.57. The minimum atomic E-state index is -2.55. The summed E-state index contributed by atoms with van der Waals surface area (Å²) in [6.07, 6.45) is 5.61. The van der Waals surface area contributed by atoms with Gasteiger partial charge in [-0.15, -0.1) is 0 Å². The lowest BCUT2D eigenvalue weighted by molar-refractivity contribution is -0.147. The van der Waals surface area contributed by atoms with Crippen molar-refractivity contribution in [1.82, 2.24) is 0 Å². The first-order valence-corrected chi connectivity index (χ1v) is 12.0. The van der Waals surface area contributed by atoms with Crippen molar-refractivity contribution >= 4 is 23.2 Å². The minimum absolute atomic E-state index is 0.0765. The molecule has 0 heterocycles. The fourth-order valence-corrected chi connectivity index (χ4v) is 6.17. The number of carbonyl (C=O) groups excluding carboxylic acids is 3. The summed E-state index contributed by atoms with van der Waals surface area (Å²) in [7, 11) is 0. The van der Waals surface area contributed by atoms with Crippen molar-refractivity contribution in [3.8, 4) is 17.6 Å². The van der Waals surface area contributed by atoms with E-state index in [0.29, 0.717) is 17.0 Å². The Morgan fingerprint density at radius 2 is 1.77 bits per heavy atom. The van der Waals surface area contributed by atoms with E-state index >= 15 is 0 Å². The molecule has 4 aliphatic carbocycles. The average Bonchev–Trinajstić information content (AvgIpc) is 2.81. The van der Waals surface area contributed by atoms with Gasteiger partial charge in [0.05, 0.1) is 5.56 Å². The van der Waals surface area contributed by atoms with E-state index in [0.717, 1.165) is 25.7 Å². The molecular formula is C27H27NO7. The third-order valence-corrected chi connectivity index (χ3v) is 7.96. The van der Waals surface area contributed by atoms with Crippen molar-refractivity contribution < 1.29 is 34.8 Å². The van der Waals surface area contributed by atoms with Crippen molar-refractivity contribution in [2.24, 2.45) is 23.5 Å². The van der Waals surface area contributed by atoms with Gasteiger partial charge < -0.3 is 26.2 Å². The van der Waals surface area contributed by atoms with Gasteiger partial charge in [-0.25, -0.2) is 0 Å². The third-order valence-electron chi connectivity index (χ3n) is 7.96. The Bertz CT molecular complexity index is 1290. The average molecular weight is 478 g/mol. The summed E-state index contributed by atoms with van der Waals surface area (Å²) in [5.74, 6) is 0.521. The van der Waals surface area contributed by atoms with E-state index in [-0.39, 0.29) is 36.1 Å². The van der Waals surface area contributed by atoms with Gasteiger partial charge in [0.2, 0.25) is 5.78 Å². The maximum atomic E-state index is 13.5. The van der Waals surface area contributed by atoms with Crippen molar-refractivity contribution in [2.45, 2.75) is 57.0 Å². The normalized spacial score (nSPS) is 28.6. The zero-order chi connectivity index (χ0) is 25.1. The monoisotopic (exact) mass is 477 g/mol. The number of rotatable bonds is 1. The van der Waals surface area contributed by atoms with E-state index in [2.05, 4.69) is 11.8 Å². The second kappa shape index (κ2) is 8.28. The van der Waals surface area contributed by atoms with Gasteiger partial charge in [-0.1, -0.05) is 31.1 Å². The number of phenols is 1. The lowest BCUT2D eigenvalue weighted by Gasteiger charge is -2.46. The number of phenolic OH excluding ortho intramolecular Hbond substituents is 1. The van der Waals surface area contributed by atoms with Crippen LogP contribution in [0.15, 0.2) is 29.0 Å². The van der Waals surface area contributed by atoms with Crippen molar-refractivity contribution in [3.63, 3.8) is 0 Å². The molecule has 1 aromatic rings. The molecule has 4 aliphatic rings. The summed E-state index contributed by atoms with van der Waals surface area (Å²) in [4.78, 5) is 37.7. The van der Waals surface area contributed by atoms with Crippen LogP contribution in [0.2, 0.25) is 0 Å². The predicted octanol–water partition coefficient (Wildman–Crippen LogP) is 2.36. The first-order chi connectivity index (χ1) is 16.6. The first-order valence-electron chi connectivity index (χ1n) is 12.0. The van der Waals surface area contributed by atoms with Crippen LogP contribution < -0.4 is 5.73 Å². The van der Waals surface area contributed by atoms with Gasteiger partial charge in [0.25, 0.3) is 5.91 Å². The van der Waals surface area contributed by atoms with Gasteiger partial charge >= 0.3 is 0 Å². The number of aromatic hydroxyl groups is 1. The smallest absolute Gasteiger partial charge is 0.255 e. The number of primary amides is 1. The highest BCUT2D eigenvalue weighted by Crippen LogP contribution is 2.52. The molecular weight excluding hydrogens is 450 g/mol. The SMILES string of the molecule is NC(=O)C1=C(O)[C@@]2(O)C(=O)C3=C(O)c4c(O)ccc(C#CC5CCCCC5)c4C[C@H]3C[C@H]2CC1=O. The van der Waals surface area contributed by atoms with Gasteiger partial charge in [-0.05, 0) is 49.3 Å². The number of hydrogen-bond acceptors (Lipinski definition) is 7. The Kier molecular flexibility index (Phi) is 5.48. The summed E-state index contributed by atoms with van der Waals surface area (Å²) >= 11 is 0. The van der Waals surface area contributed by atoms with E-state index < -0.39 is 52.0 Å². The molecule has 0 radical (unpaired) electrons. The minimum Gasteiger partial charge on any atom is -0.508 e. The van der Waals surface area contributed by atoms with E-state index in [1.54, 1.807) is 6.07 Å². The molecule has 1 aromatic carbocycles. The maximum Gasteiger partial charge on any atom is 0.255 e. The highest BCUT2D eigenvalue weighted by Gasteiger charge is 2.60.